The number of hydrogen-bond donors (Lipinski definition) is 0. The standard InChI is InChI=1S/C23H36O4/c1-9-12-22(5,6)26-20(24)18-14-16(4)17(11-3)15-19(18)21(25)27-23(7,8)13-10-2/h14-15H,9-13H2,1-8H3. The fraction of sp³-hybridized carbons (Fsp3) is 0.652. The van der Waals surface area contributed by atoms with Gasteiger partial charge < -0.3 is 9.47 Å². The fourth-order valence-electron chi connectivity index (χ4n) is 3.39. The minimum atomic E-state index is -0.578. The topological polar surface area (TPSA) is 52.6 Å². The van der Waals surface area contributed by atoms with Crippen molar-refractivity contribution < 1.29 is 19.1 Å². The van der Waals surface area contributed by atoms with Gasteiger partial charge in [-0.1, -0.05) is 33.6 Å². The lowest BCUT2D eigenvalue weighted by Gasteiger charge is -2.27. The zero-order chi connectivity index (χ0) is 20.8. The number of benzene rings is 1. The van der Waals surface area contributed by atoms with Crippen LogP contribution in [0.1, 0.15) is 106 Å². The maximum Gasteiger partial charge on any atom is 0.339 e. The third-order valence-corrected chi connectivity index (χ3v) is 4.74. The Morgan fingerprint density at radius 1 is 0.815 bits per heavy atom. The maximum atomic E-state index is 12.9. The molecule has 4 nitrogen and oxygen atoms in total. The van der Waals surface area contributed by atoms with E-state index in [4.69, 9.17) is 9.47 Å². The number of carbonyl (C=O) groups excluding carboxylic acids is 2. The van der Waals surface area contributed by atoms with Gasteiger partial charge in [-0.25, -0.2) is 9.59 Å². The van der Waals surface area contributed by atoms with Gasteiger partial charge in [-0.15, -0.1) is 0 Å². The highest BCUT2D eigenvalue weighted by molar-refractivity contribution is 6.03. The Kier molecular flexibility index (Phi) is 8.06. The number of carbonyl (C=O) groups is 2. The van der Waals surface area contributed by atoms with E-state index < -0.39 is 23.1 Å². The van der Waals surface area contributed by atoms with Crippen molar-refractivity contribution in [3.63, 3.8) is 0 Å². The fourth-order valence-corrected chi connectivity index (χ4v) is 3.39. The third kappa shape index (κ3) is 6.67. The summed E-state index contributed by atoms with van der Waals surface area (Å²) in [7, 11) is 0. The molecule has 0 aliphatic carbocycles. The zero-order valence-electron chi connectivity index (χ0n) is 18.3. The number of ether oxygens (including phenoxy) is 2. The van der Waals surface area contributed by atoms with E-state index >= 15 is 0 Å². The van der Waals surface area contributed by atoms with Crippen LogP contribution < -0.4 is 0 Å². The average Bonchev–Trinajstić information content (AvgIpc) is 2.53. The molecule has 0 spiro atoms. The first-order valence-corrected chi connectivity index (χ1v) is 10.1. The lowest BCUT2D eigenvalue weighted by molar-refractivity contribution is -0.00956. The molecule has 27 heavy (non-hydrogen) atoms. The van der Waals surface area contributed by atoms with Crippen molar-refractivity contribution in [3.05, 3.63) is 34.4 Å². The first kappa shape index (κ1) is 23.2. The Morgan fingerprint density at radius 3 is 1.59 bits per heavy atom. The molecule has 0 saturated heterocycles. The second-order valence-corrected chi connectivity index (χ2v) is 8.48. The Labute approximate surface area is 164 Å². The van der Waals surface area contributed by atoms with Gasteiger partial charge >= 0.3 is 11.9 Å². The summed E-state index contributed by atoms with van der Waals surface area (Å²) in [5.41, 5.74) is 1.42. The molecule has 0 unspecified atom stereocenters. The van der Waals surface area contributed by atoms with Crippen LogP contribution in [-0.2, 0) is 15.9 Å². The lowest BCUT2D eigenvalue weighted by Crippen LogP contribution is -2.31. The monoisotopic (exact) mass is 376 g/mol. The predicted octanol–water partition coefficient (Wildman–Crippen LogP) is 6.03. The van der Waals surface area contributed by atoms with Gasteiger partial charge in [0.2, 0.25) is 0 Å². The minimum absolute atomic E-state index is 0.283. The first-order chi connectivity index (χ1) is 12.5. The number of esters is 2. The first-order valence-electron chi connectivity index (χ1n) is 10.1. The summed E-state index contributed by atoms with van der Waals surface area (Å²) in [4.78, 5) is 25.8. The van der Waals surface area contributed by atoms with Gasteiger partial charge in [0.15, 0.2) is 0 Å². The van der Waals surface area contributed by atoms with Gasteiger partial charge in [-0.05, 0) is 77.1 Å². The molecule has 0 atom stereocenters. The van der Waals surface area contributed by atoms with Crippen LogP contribution in [0.25, 0.3) is 0 Å². The summed E-state index contributed by atoms with van der Waals surface area (Å²) < 4.78 is 11.4. The molecule has 4 heteroatoms. The molecule has 1 aromatic carbocycles. The highest BCUT2D eigenvalue weighted by atomic mass is 16.6. The summed E-state index contributed by atoms with van der Waals surface area (Å²) in [5.74, 6) is -0.942. The second kappa shape index (κ2) is 9.38. The Morgan fingerprint density at radius 2 is 1.22 bits per heavy atom. The number of rotatable bonds is 9. The summed E-state index contributed by atoms with van der Waals surface area (Å²) in [6, 6.07) is 3.54. The van der Waals surface area contributed by atoms with Crippen molar-refractivity contribution in [2.75, 3.05) is 0 Å². The largest absolute Gasteiger partial charge is 0.456 e. The molecule has 0 aromatic heterocycles. The van der Waals surface area contributed by atoms with E-state index in [0.29, 0.717) is 5.56 Å². The molecule has 0 radical (unpaired) electrons. The molecule has 0 fully saturated rings. The molecule has 0 saturated carbocycles. The molecule has 0 N–H and O–H groups in total. The highest BCUT2D eigenvalue weighted by Crippen LogP contribution is 2.26. The number of hydrogen-bond acceptors (Lipinski definition) is 4. The van der Waals surface area contributed by atoms with Crippen molar-refractivity contribution in [3.8, 4) is 0 Å². The molecular formula is C23H36O4. The summed E-state index contributed by atoms with van der Waals surface area (Å²) in [6.07, 6.45) is 4.12. The Hall–Kier alpha value is -1.84. The van der Waals surface area contributed by atoms with E-state index in [1.54, 1.807) is 12.1 Å². The Balaban J connectivity index is 3.29. The van der Waals surface area contributed by atoms with E-state index in [-0.39, 0.29) is 5.56 Å². The van der Waals surface area contributed by atoms with Crippen LogP contribution in [0.5, 0.6) is 0 Å². The van der Waals surface area contributed by atoms with Crippen LogP contribution in [-0.4, -0.2) is 23.1 Å². The van der Waals surface area contributed by atoms with Gasteiger partial charge in [0.05, 0.1) is 11.1 Å². The highest BCUT2D eigenvalue weighted by Gasteiger charge is 2.29. The van der Waals surface area contributed by atoms with Gasteiger partial charge in [0.1, 0.15) is 11.2 Å². The Bertz CT molecular complexity index is 671. The SMILES string of the molecule is CCCC(C)(C)OC(=O)c1cc(C)c(CC)cc1C(=O)OC(C)(C)CCC. The molecule has 152 valence electrons. The van der Waals surface area contributed by atoms with E-state index in [2.05, 4.69) is 6.92 Å². The molecule has 0 heterocycles. The van der Waals surface area contributed by atoms with Gasteiger partial charge in [-0.2, -0.15) is 0 Å². The second-order valence-electron chi connectivity index (χ2n) is 8.48. The molecule has 0 amide bonds. The quantitative estimate of drug-likeness (QED) is 0.494. The smallest absolute Gasteiger partial charge is 0.339 e. The van der Waals surface area contributed by atoms with Crippen molar-refractivity contribution in [2.45, 2.75) is 98.7 Å². The van der Waals surface area contributed by atoms with E-state index in [0.717, 1.165) is 43.2 Å². The summed E-state index contributed by atoms with van der Waals surface area (Å²) >= 11 is 0. The van der Waals surface area contributed by atoms with Crippen molar-refractivity contribution in [1.29, 1.82) is 0 Å². The summed E-state index contributed by atoms with van der Waals surface area (Å²) in [6.45, 7) is 15.7. The van der Waals surface area contributed by atoms with Crippen LogP contribution in [0.4, 0.5) is 0 Å². The minimum Gasteiger partial charge on any atom is -0.456 e. The summed E-state index contributed by atoms with van der Waals surface area (Å²) in [5, 5.41) is 0. The normalized spacial score (nSPS) is 12.0. The van der Waals surface area contributed by atoms with Crippen LogP contribution in [0, 0.1) is 6.92 Å². The van der Waals surface area contributed by atoms with Crippen LogP contribution in [0.2, 0.25) is 0 Å². The predicted molar refractivity (Wildman–Crippen MR) is 109 cm³/mol. The van der Waals surface area contributed by atoms with Gasteiger partial charge in [0, 0.05) is 0 Å². The molecular weight excluding hydrogens is 340 g/mol. The van der Waals surface area contributed by atoms with Crippen LogP contribution in [0.3, 0.4) is 0 Å². The number of aryl methyl sites for hydroxylation is 2. The van der Waals surface area contributed by atoms with E-state index in [9.17, 15) is 9.59 Å². The van der Waals surface area contributed by atoms with E-state index in [1.165, 1.54) is 0 Å². The van der Waals surface area contributed by atoms with E-state index in [1.807, 2.05) is 48.5 Å². The molecule has 0 aliphatic heterocycles. The van der Waals surface area contributed by atoms with Gasteiger partial charge in [0.25, 0.3) is 0 Å². The molecule has 0 aliphatic rings. The molecule has 1 rings (SSSR count). The van der Waals surface area contributed by atoms with Gasteiger partial charge in [-0.3, -0.25) is 0 Å². The average molecular weight is 377 g/mol. The van der Waals surface area contributed by atoms with Crippen molar-refractivity contribution in [1.82, 2.24) is 0 Å². The maximum absolute atomic E-state index is 12.9. The van der Waals surface area contributed by atoms with Crippen molar-refractivity contribution >= 4 is 11.9 Å². The third-order valence-electron chi connectivity index (χ3n) is 4.74. The molecule has 0 bridgehead atoms. The lowest BCUT2D eigenvalue weighted by atomic mass is 9.96. The van der Waals surface area contributed by atoms with Crippen molar-refractivity contribution in [2.24, 2.45) is 0 Å². The van der Waals surface area contributed by atoms with Crippen LogP contribution >= 0.6 is 0 Å². The zero-order valence-corrected chi connectivity index (χ0v) is 18.3. The van der Waals surface area contributed by atoms with Crippen LogP contribution in [0.15, 0.2) is 12.1 Å². The molecule has 1 aromatic rings.